The molecule has 0 aliphatic rings. The summed E-state index contributed by atoms with van der Waals surface area (Å²) < 4.78 is 26.3. The van der Waals surface area contributed by atoms with Gasteiger partial charge < -0.3 is 5.32 Å². The van der Waals surface area contributed by atoms with Crippen molar-refractivity contribution in [2.45, 2.75) is 37.5 Å². The van der Waals surface area contributed by atoms with Crippen molar-refractivity contribution in [2.75, 3.05) is 18.4 Å². The third kappa shape index (κ3) is 5.64. The van der Waals surface area contributed by atoms with E-state index >= 15 is 0 Å². The minimum absolute atomic E-state index is 0.295. The van der Waals surface area contributed by atoms with Gasteiger partial charge in [-0.3, -0.25) is 0 Å². The number of rotatable bonds is 9. The second kappa shape index (κ2) is 8.62. The van der Waals surface area contributed by atoms with E-state index in [1.807, 2.05) is 6.92 Å². The van der Waals surface area contributed by atoms with E-state index in [0.29, 0.717) is 11.4 Å². The van der Waals surface area contributed by atoms with Gasteiger partial charge in [-0.2, -0.15) is 0 Å². The fraction of sp³-hybridized carbons (Fsp3) is 0.467. The molecule has 0 saturated carbocycles. The van der Waals surface area contributed by atoms with Crippen LogP contribution in [0.1, 0.15) is 32.6 Å². The van der Waals surface area contributed by atoms with Crippen LogP contribution in [0, 0.1) is 12.3 Å². The molecule has 20 heavy (non-hydrogen) atoms. The Labute approximate surface area is 122 Å². The third-order valence-corrected chi connectivity index (χ3v) is 4.26. The van der Waals surface area contributed by atoms with Crippen LogP contribution in [0.4, 0.5) is 5.69 Å². The number of sulfonamides is 1. The zero-order valence-corrected chi connectivity index (χ0v) is 12.7. The molecule has 0 aromatic heterocycles. The molecule has 0 aliphatic heterocycles. The molecule has 1 rings (SSSR count). The molecule has 2 N–H and O–H groups in total. The molecule has 0 bridgehead atoms. The highest BCUT2D eigenvalue weighted by Gasteiger charge is 2.12. The van der Waals surface area contributed by atoms with Gasteiger partial charge in [0, 0.05) is 25.2 Å². The monoisotopic (exact) mass is 294 g/mol. The number of unbranched alkanes of at least 4 members (excludes halogenated alkanes) is 2. The summed E-state index contributed by atoms with van der Waals surface area (Å²) in [5, 5.41) is 3.24. The maximum absolute atomic E-state index is 11.9. The first-order valence-corrected chi connectivity index (χ1v) is 8.35. The second-order valence-corrected chi connectivity index (χ2v) is 6.28. The maximum Gasteiger partial charge on any atom is 0.240 e. The molecule has 0 fully saturated rings. The Hall–Kier alpha value is -1.51. The molecule has 0 aliphatic carbocycles. The highest BCUT2D eigenvalue weighted by molar-refractivity contribution is 7.89. The van der Waals surface area contributed by atoms with E-state index in [4.69, 9.17) is 6.42 Å². The summed E-state index contributed by atoms with van der Waals surface area (Å²) in [4.78, 5) is 0.295. The van der Waals surface area contributed by atoms with Gasteiger partial charge in [0.15, 0.2) is 0 Å². The van der Waals surface area contributed by atoms with E-state index in [0.717, 1.165) is 37.9 Å². The molecule has 0 atom stereocenters. The lowest BCUT2D eigenvalue weighted by Gasteiger charge is -2.08. The first-order chi connectivity index (χ1) is 9.60. The van der Waals surface area contributed by atoms with Crippen molar-refractivity contribution in [1.29, 1.82) is 0 Å². The van der Waals surface area contributed by atoms with Crippen LogP contribution >= 0.6 is 0 Å². The van der Waals surface area contributed by atoms with Gasteiger partial charge in [0.1, 0.15) is 0 Å². The van der Waals surface area contributed by atoms with Gasteiger partial charge in [-0.1, -0.05) is 6.92 Å². The third-order valence-electron chi connectivity index (χ3n) is 2.78. The number of terminal acetylenes is 1. The number of hydrogen-bond acceptors (Lipinski definition) is 3. The molecule has 1 aromatic rings. The van der Waals surface area contributed by atoms with E-state index in [2.05, 4.69) is 16.0 Å². The fourth-order valence-electron chi connectivity index (χ4n) is 1.66. The highest BCUT2D eigenvalue weighted by atomic mass is 32.2. The van der Waals surface area contributed by atoms with Crippen LogP contribution in [0.5, 0.6) is 0 Å². The van der Waals surface area contributed by atoms with Gasteiger partial charge >= 0.3 is 0 Å². The Kier molecular flexibility index (Phi) is 7.13. The summed E-state index contributed by atoms with van der Waals surface area (Å²) in [7, 11) is -3.37. The quantitative estimate of drug-likeness (QED) is 0.543. The molecule has 0 saturated heterocycles. The molecular weight excluding hydrogens is 272 g/mol. The number of benzene rings is 1. The lowest BCUT2D eigenvalue weighted by atomic mass is 10.2. The second-order valence-electron chi connectivity index (χ2n) is 4.51. The van der Waals surface area contributed by atoms with E-state index in [1.165, 1.54) is 0 Å². The Bertz CT molecular complexity index is 530. The largest absolute Gasteiger partial charge is 0.385 e. The van der Waals surface area contributed by atoms with Gasteiger partial charge in [0.05, 0.1) is 4.90 Å². The van der Waals surface area contributed by atoms with Gasteiger partial charge in [-0.15, -0.1) is 12.3 Å². The SMILES string of the molecule is C#CCCCCNc1ccc(S(=O)(=O)NCCC)cc1. The predicted molar refractivity (Wildman–Crippen MR) is 83.1 cm³/mol. The van der Waals surface area contributed by atoms with E-state index < -0.39 is 10.0 Å². The Balaban J connectivity index is 2.50. The molecule has 0 spiro atoms. The summed E-state index contributed by atoms with van der Waals surface area (Å²) in [5.41, 5.74) is 0.917. The zero-order valence-electron chi connectivity index (χ0n) is 11.9. The predicted octanol–water partition coefficient (Wildman–Crippen LogP) is 2.59. The number of nitrogens with one attached hydrogen (secondary N) is 2. The normalized spacial score (nSPS) is 11.0. The smallest absolute Gasteiger partial charge is 0.240 e. The van der Waals surface area contributed by atoms with Gasteiger partial charge in [-0.25, -0.2) is 13.1 Å². The van der Waals surface area contributed by atoms with Crippen molar-refractivity contribution in [1.82, 2.24) is 4.72 Å². The summed E-state index contributed by atoms with van der Waals surface area (Å²) in [6.45, 7) is 3.22. The molecule has 4 nitrogen and oxygen atoms in total. The van der Waals surface area contributed by atoms with Crippen LogP contribution in [0.2, 0.25) is 0 Å². The fourth-order valence-corrected chi connectivity index (χ4v) is 2.79. The lowest BCUT2D eigenvalue weighted by molar-refractivity contribution is 0.581. The average molecular weight is 294 g/mol. The van der Waals surface area contributed by atoms with Crippen molar-refractivity contribution >= 4 is 15.7 Å². The topological polar surface area (TPSA) is 58.2 Å². The summed E-state index contributed by atoms with van der Waals surface area (Å²) in [6, 6.07) is 6.78. The van der Waals surface area contributed by atoms with Crippen LogP contribution < -0.4 is 10.0 Å². The van der Waals surface area contributed by atoms with Crippen LogP contribution in [0.15, 0.2) is 29.2 Å². The summed E-state index contributed by atoms with van der Waals surface area (Å²) >= 11 is 0. The molecule has 1 aromatic carbocycles. The molecule has 110 valence electrons. The Morgan fingerprint density at radius 2 is 1.85 bits per heavy atom. The van der Waals surface area contributed by atoms with Gasteiger partial charge in [0.2, 0.25) is 10.0 Å². The minimum atomic E-state index is -3.37. The molecule has 0 unspecified atom stereocenters. The van der Waals surface area contributed by atoms with Crippen LogP contribution in [0.25, 0.3) is 0 Å². The van der Waals surface area contributed by atoms with Gasteiger partial charge in [0.25, 0.3) is 0 Å². The summed E-state index contributed by atoms with van der Waals surface area (Å²) in [5.74, 6) is 2.61. The van der Waals surface area contributed by atoms with Crippen molar-refractivity contribution in [3.63, 3.8) is 0 Å². The Morgan fingerprint density at radius 3 is 2.45 bits per heavy atom. The maximum atomic E-state index is 11.9. The number of hydrogen-bond donors (Lipinski definition) is 2. The van der Waals surface area contributed by atoms with Crippen molar-refractivity contribution < 1.29 is 8.42 Å². The van der Waals surface area contributed by atoms with Crippen molar-refractivity contribution in [3.8, 4) is 12.3 Å². The van der Waals surface area contributed by atoms with Crippen molar-refractivity contribution in [3.05, 3.63) is 24.3 Å². The van der Waals surface area contributed by atoms with Crippen LogP contribution in [-0.2, 0) is 10.0 Å². The molecule has 0 radical (unpaired) electrons. The Morgan fingerprint density at radius 1 is 1.15 bits per heavy atom. The highest BCUT2D eigenvalue weighted by Crippen LogP contribution is 2.14. The van der Waals surface area contributed by atoms with Gasteiger partial charge in [-0.05, 0) is 43.5 Å². The standard InChI is InChI=1S/C15H22N2O2S/c1-3-5-6-7-13-16-14-8-10-15(11-9-14)20(18,19)17-12-4-2/h1,8-11,16-17H,4-7,12-13H2,2H3. The minimum Gasteiger partial charge on any atom is -0.385 e. The molecule has 0 heterocycles. The lowest BCUT2D eigenvalue weighted by Crippen LogP contribution is -2.24. The molecular formula is C15H22N2O2S. The van der Waals surface area contributed by atoms with Crippen LogP contribution in [0.3, 0.4) is 0 Å². The molecule has 0 amide bonds. The first kappa shape index (κ1) is 16.5. The first-order valence-electron chi connectivity index (χ1n) is 6.87. The van der Waals surface area contributed by atoms with E-state index in [-0.39, 0.29) is 0 Å². The van der Waals surface area contributed by atoms with E-state index in [1.54, 1.807) is 24.3 Å². The number of anilines is 1. The average Bonchev–Trinajstić information content (AvgIpc) is 2.45. The van der Waals surface area contributed by atoms with Crippen LogP contribution in [-0.4, -0.2) is 21.5 Å². The van der Waals surface area contributed by atoms with E-state index in [9.17, 15) is 8.42 Å². The van der Waals surface area contributed by atoms with Crippen molar-refractivity contribution in [2.24, 2.45) is 0 Å². The summed E-state index contributed by atoms with van der Waals surface area (Å²) in [6.07, 6.45) is 8.75. The molecule has 5 heteroatoms. The zero-order chi connectivity index (χ0) is 14.8.